The number of carbonyl (C=O) groups excluding carboxylic acids is 1. The van der Waals surface area contributed by atoms with Crippen molar-refractivity contribution < 1.29 is 14.3 Å². The first kappa shape index (κ1) is 18.8. The van der Waals surface area contributed by atoms with Crippen molar-refractivity contribution in [3.8, 4) is 5.75 Å². The number of anilines is 1. The van der Waals surface area contributed by atoms with Gasteiger partial charge in [0.2, 0.25) is 0 Å². The lowest BCUT2D eigenvalue weighted by Crippen LogP contribution is -2.08. The van der Waals surface area contributed by atoms with Crippen molar-refractivity contribution >= 4 is 33.2 Å². The van der Waals surface area contributed by atoms with Crippen LogP contribution in [-0.4, -0.2) is 12.6 Å². The number of benzene rings is 4. The summed E-state index contributed by atoms with van der Waals surface area (Å²) in [5.41, 5.74) is 8.72. The first-order chi connectivity index (χ1) is 14.1. The van der Waals surface area contributed by atoms with E-state index in [0.717, 1.165) is 38.4 Å². The van der Waals surface area contributed by atoms with E-state index in [-0.39, 0.29) is 12.4 Å². The van der Waals surface area contributed by atoms with Crippen LogP contribution < -0.4 is 10.5 Å². The van der Waals surface area contributed by atoms with Gasteiger partial charge in [-0.05, 0) is 69.9 Å². The van der Waals surface area contributed by atoms with Crippen molar-refractivity contribution in [3.05, 3.63) is 83.9 Å². The molecule has 0 fully saturated rings. The molecule has 4 aromatic carbocycles. The first-order valence-corrected chi connectivity index (χ1v) is 9.71. The third-order valence-electron chi connectivity index (χ3n) is 4.94. The number of ether oxygens (including phenoxy) is 2. The van der Waals surface area contributed by atoms with Crippen LogP contribution in [0.4, 0.5) is 5.69 Å². The standard InChI is InChI=1S/C25H23NO3/c1-2-28-25(27)15-24-22-11-10-21(29-16-17-6-4-3-5-7-17)13-19(22)12-18-8-9-20(26)14-23(18)24/h3-14H,2,15-16,26H2,1H3. The fraction of sp³-hybridized carbons (Fsp3) is 0.160. The Morgan fingerprint density at radius 3 is 2.52 bits per heavy atom. The fourth-order valence-electron chi connectivity index (χ4n) is 3.59. The Hall–Kier alpha value is -3.53. The molecule has 4 aromatic rings. The maximum Gasteiger partial charge on any atom is 0.310 e. The Morgan fingerprint density at radius 2 is 1.72 bits per heavy atom. The summed E-state index contributed by atoms with van der Waals surface area (Å²) < 4.78 is 11.2. The predicted octanol–water partition coefficient (Wildman–Crippen LogP) is 5.26. The lowest BCUT2D eigenvalue weighted by atomic mass is 9.94. The van der Waals surface area contributed by atoms with Crippen molar-refractivity contribution in [2.45, 2.75) is 20.0 Å². The summed E-state index contributed by atoms with van der Waals surface area (Å²) in [7, 11) is 0. The molecule has 146 valence electrons. The molecule has 0 aliphatic carbocycles. The number of hydrogen-bond acceptors (Lipinski definition) is 4. The van der Waals surface area contributed by atoms with E-state index in [9.17, 15) is 4.79 Å². The summed E-state index contributed by atoms with van der Waals surface area (Å²) in [6.07, 6.45) is 0.204. The smallest absolute Gasteiger partial charge is 0.310 e. The highest BCUT2D eigenvalue weighted by Gasteiger charge is 2.13. The molecule has 4 rings (SSSR count). The highest BCUT2D eigenvalue weighted by Crippen LogP contribution is 2.32. The molecule has 2 N–H and O–H groups in total. The Labute approximate surface area is 169 Å². The third-order valence-corrected chi connectivity index (χ3v) is 4.94. The molecule has 0 saturated heterocycles. The van der Waals surface area contributed by atoms with Gasteiger partial charge in [0.1, 0.15) is 12.4 Å². The molecule has 4 heteroatoms. The molecule has 0 atom stereocenters. The SMILES string of the molecule is CCOC(=O)Cc1c2ccc(OCc3ccccc3)cc2cc2ccc(N)cc12. The van der Waals surface area contributed by atoms with Gasteiger partial charge < -0.3 is 15.2 Å². The van der Waals surface area contributed by atoms with E-state index in [1.54, 1.807) is 0 Å². The van der Waals surface area contributed by atoms with Crippen LogP contribution in [0.1, 0.15) is 18.1 Å². The van der Waals surface area contributed by atoms with Crippen molar-refractivity contribution in [2.24, 2.45) is 0 Å². The Morgan fingerprint density at radius 1 is 0.897 bits per heavy atom. The number of fused-ring (bicyclic) bond motifs is 2. The molecule has 0 unspecified atom stereocenters. The van der Waals surface area contributed by atoms with Crippen molar-refractivity contribution in [3.63, 3.8) is 0 Å². The molecule has 0 aromatic heterocycles. The average Bonchev–Trinajstić information content (AvgIpc) is 2.73. The zero-order valence-corrected chi connectivity index (χ0v) is 16.4. The Bertz CT molecular complexity index is 1170. The number of nitrogen functional groups attached to an aromatic ring is 1. The second kappa shape index (κ2) is 8.23. The Balaban J connectivity index is 1.75. The van der Waals surface area contributed by atoms with Crippen LogP contribution in [0.5, 0.6) is 5.75 Å². The van der Waals surface area contributed by atoms with E-state index in [2.05, 4.69) is 6.07 Å². The summed E-state index contributed by atoms with van der Waals surface area (Å²) in [6, 6.07) is 23.9. The third kappa shape index (κ3) is 4.16. The lowest BCUT2D eigenvalue weighted by Gasteiger charge is -2.14. The molecule has 0 radical (unpaired) electrons. The number of nitrogens with two attached hydrogens (primary N) is 1. The van der Waals surface area contributed by atoms with Crippen LogP contribution in [0, 0.1) is 0 Å². The minimum Gasteiger partial charge on any atom is -0.489 e. The number of esters is 1. The van der Waals surface area contributed by atoms with E-state index in [1.807, 2.05) is 73.7 Å². The summed E-state index contributed by atoms with van der Waals surface area (Å²) in [4.78, 5) is 12.2. The van der Waals surface area contributed by atoms with Gasteiger partial charge in [-0.15, -0.1) is 0 Å². The van der Waals surface area contributed by atoms with Crippen LogP contribution in [-0.2, 0) is 22.6 Å². The van der Waals surface area contributed by atoms with Crippen LogP contribution in [0.25, 0.3) is 21.5 Å². The zero-order chi connectivity index (χ0) is 20.2. The highest BCUT2D eigenvalue weighted by atomic mass is 16.5. The lowest BCUT2D eigenvalue weighted by molar-refractivity contribution is -0.142. The Kier molecular flexibility index (Phi) is 5.34. The number of hydrogen-bond donors (Lipinski definition) is 1. The molecular formula is C25H23NO3. The summed E-state index contributed by atoms with van der Waals surface area (Å²) in [5, 5.41) is 4.03. The van der Waals surface area contributed by atoms with Gasteiger partial charge in [-0.25, -0.2) is 0 Å². The molecule has 0 saturated carbocycles. The molecule has 29 heavy (non-hydrogen) atoms. The average molecular weight is 385 g/mol. The highest BCUT2D eigenvalue weighted by molar-refractivity contribution is 6.05. The number of rotatable bonds is 6. The molecule has 0 bridgehead atoms. The topological polar surface area (TPSA) is 61.5 Å². The van der Waals surface area contributed by atoms with Crippen molar-refractivity contribution in [1.82, 2.24) is 0 Å². The molecule has 0 aliphatic rings. The quantitative estimate of drug-likeness (QED) is 0.279. The zero-order valence-electron chi connectivity index (χ0n) is 16.4. The van der Waals surface area contributed by atoms with E-state index in [1.165, 1.54) is 0 Å². The van der Waals surface area contributed by atoms with Gasteiger partial charge >= 0.3 is 5.97 Å². The first-order valence-electron chi connectivity index (χ1n) is 9.71. The molecule has 0 aliphatic heterocycles. The monoisotopic (exact) mass is 385 g/mol. The summed E-state index contributed by atoms with van der Waals surface area (Å²) >= 11 is 0. The summed E-state index contributed by atoms with van der Waals surface area (Å²) in [6.45, 7) is 2.68. The normalized spacial score (nSPS) is 10.9. The van der Waals surface area contributed by atoms with Gasteiger partial charge in [0, 0.05) is 5.69 Å². The van der Waals surface area contributed by atoms with Gasteiger partial charge in [0.15, 0.2) is 0 Å². The van der Waals surface area contributed by atoms with Crippen molar-refractivity contribution in [2.75, 3.05) is 12.3 Å². The van der Waals surface area contributed by atoms with Gasteiger partial charge in [-0.1, -0.05) is 42.5 Å². The summed E-state index contributed by atoms with van der Waals surface area (Å²) in [5.74, 6) is 0.548. The molecule has 0 spiro atoms. The van der Waals surface area contributed by atoms with Gasteiger partial charge in [-0.2, -0.15) is 0 Å². The van der Waals surface area contributed by atoms with Crippen LogP contribution in [0.3, 0.4) is 0 Å². The van der Waals surface area contributed by atoms with E-state index < -0.39 is 0 Å². The van der Waals surface area contributed by atoms with Crippen LogP contribution in [0.15, 0.2) is 72.8 Å². The minimum atomic E-state index is -0.242. The van der Waals surface area contributed by atoms with E-state index >= 15 is 0 Å². The largest absolute Gasteiger partial charge is 0.489 e. The maximum absolute atomic E-state index is 12.2. The molecule has 0 heterocycles. The predicted molar refractivity (Wildman–Crippen MR) is 117 cm³/mol. The van der Waals surface area contributed by atoms with Crippen molar-refractivity contribution in [1.29, 1.82) is 0 Å². The maximum atomic E-state index is 12.2. The second-order valence-corrected chi connectivity index (χ2v) is 6.97. The van der Waals surface area contributed by atoms with Crippen LogP contribution >= 0.6 is 0 Å². The van der Waals surface area contributed by atoms with E-state index in [4.69, 9.17) is 15.2 Å². The number of carbonyl (C=O) groups is 1. The van der Waals surface area contributed by atoms with Gasteiger partial charge in [0.05, 0.1) is 13.0 Å². The molecule has 0 amide bonds. The van der Waals surface area contributed by atoms with Crippen LogP contribution in [0.2, 0.25) is 0 Å². The molecule has 4 nitrogen and oxygen atoms in total. The molecular weight excluding hydrogens is 362 g/mol. The fourth-order valence-corrected chi connectivity index (χ4v) is 3.59. The minimum absolute atomic E-state index is 0.204. The second-order valence-electron chi connectivity index (χ2n) is 6.97. The van der Waals surface area contributed by atoms with Gasteiger partial charge in [-0.3, -0.25) is 4.79 Å². The van der Waals surface area contributed by atoms with E-state index in [0.29, 0.717) is 18.9 Å². The van der Waals surface area contributed by atoms with Gasteiger partial charge in [0.25, 0.3) is 0 Å².